The van der Waals surface area contributed by atoms with Crippen molar-refractivity contribution in [2.75, 3.05) is 19.7 Å². The van der Waals surface area contributed by atoms with Crippen molar-refractivity contribution >= 4 is 11.9 Å². The van der Waals surface area contributed by atoms with E-state index in [0.717, 1.165) is 12.8 Å². The van der Waals surface area contributed by atoms with E-state index in [4.69, 9.17) is 10.00 Å². The summed E-state index contributed by atoms with van der Waals surface area (Å²) in [5.41, 5.74) is -0.265. The lowest BCUT2D eigenvalue weighted by Crippen LogP contribution is -2.44. The van der Waals surface area contributed by atoms with Crippen LogP contribution in [0.15, 0.2) is 11.3 Å². The summed E-state index contributed by atoms with van der Waals surface area (Å²) >= 11 is 0. The van der Waals surface area contributed by atoms with Crippen molar-refractivity contribution in [2.45, 2.75) is 19.8 Å². The van der Waals surface area contributed by atoms with Crippen LogP contribution in [0, 0.1) is 11.3 Å². The second-order valence-electron chi connectivity index (χ2n) is 3.53. The first-order valence-electron chi connectivity index (χ1n) is 5.54. The summed E-state index contributed by atoms with van der Waals surface area (Å²) in [5, 5.41) is 14.2. The average Bonchev–Trinajstić information content (AvgIpc) is 2.33. The molecule has 1 amide bonds. The van der Waals surface area contributed by atoms with E-state index in [1.807, 2.05) is 6.92 Å². The van der Waals surface area contributed by atoms with Gasteiger partial charge in [-0.1, -0.05) is 13.3 Å². The maximum absolute atomic E-state index is 11.6. The van der Waals surface area contributed by atoms with E-state index in [1.165, 1.54) is 0 Å². The van der Waals surface area contributed by atoms with Crippen molar-refractivity contribution < 1.29 is 14.3 Å². The number of unbranched alkanes of at least 4 members (excludes halogenated alkanes) is 1. The van der Waals surface area contributed by atoms with Gasteiger partial charge in [0.2, 0.25) is 0 Å². The van der Waals surface area contributed by atoms with Crippen LogP contribution in [0.3, 0.4) is 0 Å². The summed E-state index contributed by atoms with van der Waals surface area (Å²) in [6, 6.07) is 1.71. The maximum Gasteiger partial charge on any atom is 0.351 e. The number of esters is 1. The number of nitrogens with one attached hydrogen (secondary N) is 2. The Hall–Kier alpha value is -2.03. The van der Waals surface area contributed by atoms with E-state index < -0.39 is 11.9 Å². The average molecular weight is 237 g/mol. The Kier molecular flexibility index (Phi) is 5.01. The van der Waals surface area contributed by atoms with Gasteiger partial charge in [-0.15, -0.1) is 0 Å². The Morgan fingerprint density at radius 2 is 2.18 bits per heavy atom. The van der Waals surface area contributed by atoms with E-state index in [9.17, 15) is 9.59 Å². The largest absolute Gasteiger partial charge is 0.462 e. The number of hydrogen-bond acceptors (Lipinski definition) is 5. The van der Waals surface area contributed by atoms with Crippen LogP contribution in [0.2, 0.25) is 0 Å². The van der Waals surface area contributed by atoms with Crippen LogP contribution in [0.25, 0.3) is 0 Å². The minimum atomic E-state index is -0.750. The highest BCUT2D eigenvalue weighted by atomic mass is 16.5. The molecule has 1 rings (SSSR count). The van der Waals surface area contributed by atoms with Crippen LogP contribution in [0.5, 0.6) is 0 Å². The van der Waals surface area contributed by atoms with Crippen LogP contribution in [-0.2, 0) is 14.3 Å². The Balaban J connectivity index is 2.75. The van der Waals surface area contributed by atoms with Gasteiger partial charge in [0.15, 0.2) is 5.57 Å². The first kappa shape index (κ1) is 13.0. The fourth-order valence-corrected chi connectivity index (χ4v) is 1.32. The molecule has 1 fully saturated rings. The molecule has 0 radical (unpaired) electrons. The third-order valence-electron chi connectivity index (χ3n) is 2.24. The lowest BCUT2D eigenvalue weighted by atomic mass is 10.2. The van der Waals surface area contributed by atoms with Gasteiger partial charge in [-0.3, -0.25) is 4.79 Å². The Morgan fingerprint density at radius 1 is 1.47 bits per heavy atom. The van der Waals surface area contributed by atoms with E-state index in [0.29, 0.717) is 13.1 Å². The van der Waals surface area contributed by atoms with Gasteiger partial charge in [0.05, 0.1) is 6.61 Å². The van der Waals surface area contributed by atoms with Crippen molar-refractivity contribution in [3.63, 3.8) is 0 Å². The molecule has 0 aromatic carbocycles. The van der Waals surface area contributed by atoms with Crippen molar-refractivity contribution in [3.8, 4) is 6.07 Å². The number of amides is 1. The van der Waals surface area contributed by atoms with Crippen molar-refractivity contribution in [3.05, 3.63) is 11.3 Å². The van der Waals surface area contributed by atoms with Gasteiger partial charge < -0.3 is 15.4 Å². The van der Waals surface area contributed by atoms with Gasteiger partial charge in [-0.2, -0.15) is 5.26 Å². The van der Waals surface area contributed by atoms with Crippen LogP contribution < -0.4 is 10.6 Å². The number of rotatable bonds is 4. The molecule has 2 N–H and O–H groups in total. The molecule has 0 aliphatic carbocycles. The summed E-state index contributed by atoms with van der Waals surface area (Å²) in [5.74, 6) is -1.19. The zero-order valence-corrected chi connectivity index (χ0v) is 9.71. The molecule has 1 heterocycles. The minimum Gasteiger partial charge on any atom is -0.462 e. The van der Waals surface area contributed by atoms with Crippen molar-refractivity contribution in [2.24, 2.45) is 0 Å². The number of hydrogen-bond donors (Lipinski definition) is 2. The number of carbonyl (C=O) groups is 2. The molecule has 0 bridgehead atoms. The van der Waals surface area contributed by atoms with Gasteiger partial charge in [-0.05, 0) is 6.42 Å². The quantitative estimate of drug-likeness (QED) is 0.306. The summed E-state index contributed by atoms with van der Waals surface area (Å²) < 4.78 is 4.90. The smallest absolute Gasteiger partial charge is 0.351 e. The third kappa shape index (κ3) is 3.48. The van der Waals surface area contributed by atoms with Crippen LogP contribution in [0.4, 0.5) is 0 Å². The Morgan fingerprint density at radius 3 is 2.76 bits per heavy atom. The predicted molar refractivity (Wildman–Crippen MR) is 59.5 cm³/mol. The molecular formula is C11H15N3O3. The second kappa shape index (κ2) is 6.53. The number of nitrogens with zero attached hydrogens (tertiary/aromatic N) is 1. The number of piperazine rings is 1. The molecule has 1 aliphatic heterocycles. The molecule has 17 heavy (non-hydrogen) atoms. The molecule has 1 saturated heterocycles. The predicted octanol–water partition coefficient (Wildman–Crippen LogP) is -0.173. The summed E-state index contributed by atoms with van der Waals surface area (Å²) in [7, 11) is 0. The molecule has 0 spiro atoms. The van der Waals surface area contributed by atoms with Gasteiger partial charge in [0, 0.05) is 13.1 Å². The van der Waals surface area contributed by atoms with Crippen LogP contribution in [-0.4, -0.2) is 31.6 Å². The van der Waals surface area contributed by atoms with Gasteiger partial charge >= 0.3 is 5.97 Å². The summed E-state index contributed by atoms with van der Waals surface area (Å²) in [6.07, 6.45) is 1.63. The molecule has 0 aromatic rings. The number of nitriles is 1. The summed E-state index contributed by atoms with van der Waals surface area (Å²) in [6.45, 7) is 3.20. The van der Waals surface area contributed by atoms with E-state index in [1.54, 1.807) is 6.07 Å². The Labute approximate surface area is 99.6 Å². The number of ether oxygens (including phenoxy) is 1. The molecule has 0 saturated carbocycles. The molecule has 6 heteroatoms. The molecule has 0 unspecified atom stereocenters. The third-order valence-corrected chi connectivity index (χ3v) is 2.24. The monoisotopic (exact) mass is 237 g/mol. The highest BCUT2D eigenvalue weighted by molar-refractivity contribution is 6.05. The summed E-state index contributed by atoms with van der Waals surface area (Å²) in [4.78, 5) is 23.0. The fourth-order valence-electron chi connectivity index (χ4n) is 1.32. The van der Waals surface area contributed by atoms with Crippen molar-refractivity contribution in [1.82, 2.24) is 10.6 Å². The molecular weight excluding hydrogens is 222 g/mol. The fraction of sp³-hybridized carbons (Fsp3) is 0.545. The van der Waals surface area contributed by atoms with Crippen LogP contribution >= 0.6 is 0 Å². The molecule has 1 aliphatic rings. The molecule has 92 valence electrons. The molecule has 6 nitrogen and oxygen atoms in total. The first-order valence-corrected chi connectivity index (χ1v) is 5.54. The standard InChI is InChI=1S/C11H15N3O3/c1-2-3-6-17-11(16)8(7-12)9-10(15)14-5-4-13-9/h13H,2-6H2,1H3,(H,14,15)/b9-8-. The van der Waals surface area contributed by atoms with Gasteiger partial charge in [0.1, 0.15) is 11.8 Å². The van der Waals surface area contributed by atoms with E-state index >= 15 is 0 Å². The number of carbonyl (C=O) groups excluding carboxylic acids is 2. The highest BCUT2D eigenvalue weighted by Gasteiger charge is 2.24. The Bertz CT molecular complexity index is 382. The van der Waals surface area contributed by atoms with Crippen LogP contribution in [0.1, 0.15) is 19.8 Å². The SMILES string of the molecule is CCCCOC(=O)/C(C#N)=C1\NCCNC1=O. The molecule has 0 atom stereocenters. The van der Waals surface area contributed by atoms with E-state index in [-0.39, 0.29) is 17.9 Å². The highest BCUT2D eigenvalue weighted by Crippen LogP contribution is 2.06. The topological polar surface area (TPSA) is 91.2 Å². The molecule has 0 aromatic heterocycles. The van der Waals surface area contributed by atoms with Gasteiger partial charge in [0.25, 0.3) is 5.91 Å². The lowest BCUT2D eigenvalue weighted by molar-refractivity contribution is -0.139. The normalized spacial score (nSPS) is 17.5. The zero-order valence-electron chi connectivity index (χ0n) is 9.71. The zero-order chi connectivity index (χ0) is 12.7. The van der Waals surface area contributed by atoms with Gasteiger partial charge in [-0.25, -0.2) is 4.79 Å². The maximum atomic E-state index is 11.6. The second-order valence-corrected chi connectivity index (χ2v) is 3.53. The van der Waals surface area contributed by atoms with Crippen molar-refractivity contribution in [1.29, 1.82) is 5.26 Å². The first-order chi connectivity index (χ1) is 8.20. The van der Waals surface area contributed by atoms with E-state index in [2.05, 4.69) is 10.6 Å². The minimum absolute atomic E-state index is 0.000230. The lowest BCUT2D eigenvalue weighted by Gasteiger charge is -2.18.